The van der Waals surface area contributed by atoms with Crippen LogP contribution in [-0.2, 0) is 4.79 Å². The third-order valence-electron chi connectivity index (χ3n) is 3.02. The van der Waals surface area contributed by atoms with Crippen molar-refractivity contribution in [2.45, 2.75) is 32.2 Å². The number of aromatic nitrogens is 1. The molecule has 0 fully saturated rings. The first-order chi connectivity index (χ1) is 10.6. The smallest absolute Gasteiger partial charge is 0.328 e. The highest BCUT2D eigenvalue weighted by molar-refractivity contribution is 7.07. The molecule has 1 atom stereocenters. The van der Waals surface area contributed by atoms with Crippen molar-refractivity contribution in [2.24, 2.45) is 10.7 Å². The average molecular weight is 324 g/mol. The van der Waals surface area contributed by atoms with Crippen molar-refractivity contribution in [3.05, 3.63) is 22.2 Å². The van der Waals surface area contributed by atoms with Crippen LogP contribution in [0.4, 0.5) is 0 Å². The molecule has 22 heavy (non-hydrogen) atoms. The van der Waals surface area contributed by atoms with Gasteiger partial charge in [-0.2, -0.15) is 0 Å². The Morgan fingerprint density at radius 1 is 1.68 bits per heavy atom. The number of aliphatic carboxylic acids is 1. The van der Waals surface area contributed by atoms with Gasteiger partial charge in [0, 0.05) is 18.0 Å². The van der Waals surface area contributed by atoms with E-state index in [2.05, 4.69) is 9.98 Å². The van der Waals surface area contributed by atoms with Crippen molar-refractivity contribution >= 4 is 29.6 Å². The molecule has 0 aliphatic rings. The summed E-state index contributed by atoms with van der Waals surface area (Å²) in [5.74, 6) is -0.954. The zero-order valence-corrected chi connectivity index (χ0v) is 13.4. The Morgan fingerprint density at radius 3 is 3.00 bits per heavy atom. The fourth-order valence-corrected chi connectivity index (χ4v) is 2.24. The van der Waals surface area contributed by atoms with Crippen LogP contribution in [0.2, 0.25) is 0 Å². The number of rotatable bonds is 10. The van der Waals surface area contributed by atoms with Gasteiger partial charge in [0.25, 0.3) is 0 Å². The second kappa shape index (κ2) is 9.91. The van der Waals surface area contributed by atoms with Crippen LogP contribution in [0.3, 0.4) is 0 Å². The molecule has 1 rings (SSSR count). The van der Waals surface area contributed by atoms with Gasteiger partial charge in [-0.15, -0.1) is 16.0 Å². The lowest BCUT2D eigenvalue weighted by Gasteiger charge is -2.06. The molecule has 0 aliphatic heterocycles. The highest BCUT2D eigenvalue weighted by Gasteiger charge is 2.16. The summed E-state index contributed by atoms with van der Waals surface area (Å²) in [6.07, 6.45) is 5.21. The number of hydrogen-bond acceptors (Lipinski definition) is 6. The van der Waals surface area contributed by atoms with Gasteiger partial charge in [-0.25, -0.2) is 9.78 Å². The predicted molar refractivity (Wildman–Crippen MR) is 86.4 cm³/mol. The van der Waals surface area contributed by atoms with Crippen molar-refractivity contribution in [1.29, 1.82) is 5.53 Å². The minimum absolute atomic E-state index is 0.136. The molecule has 120 valence electrons. The number of carboxylic acids is 1. The van der Waals surface area contributed by atoms with Gasteiger partial charge in [0.1, 0.15) is 6.04 Å². The lowest BCUT2D eigenvalue weighted by molar-refractivity contribution is -0.614. The Hall–Kier alpha value is -1.93. The zero-order valence-electron chi connectivity index (χ0n) is 12.6. The third-order valence-corrected chi connectivity index (χ3v) is 3.63. The molecule has 0 amide bonds. The van der Waals surface area contributed by atoms with Gasteiger partial charge >= 0.3 is 5.97 Å². The van der Waals surface area contributed by atoms with Gasteiger partial charge in [0.2, 0.25) is 6.67 Å². The van der Waals surface area contributed by atoms with Gasteiger partial charge in [-0.1, -0.05) is 12.5 Å². The lowest BCUT2D eigenvalue weighted by atomic mass is 10.1. The number of carboxylic acid groups (broad SMARTS) is 1. The minimum atomic E-state index is -0.954. The van der Waals surface area contributed by atoms with E-state index in [0.717, 1.165) is 17.7 Å². The van der Waals surface area contributed by atoms with Crippen molar-refractivity contribution in [3.63, 3.8) is 0 Å². The van der Waals surface area contributed by atoms with Crippen molar-refractivity contribution in [3.8, 4) is 0 Å². The zero-order chi connectivity index (χ0) is 16.4. The summed E-state index contributed by atoms with van der Waals surface area (Å²) in [7, 11) is 0. The minimum Gasteiger partial charge on any atom is -0.480 e. The average Bonchev–Trinajstić information content (AvgIpc) is 3.01. The lowest BCUT2D eigenvalue weighted by Crippen LogP contribution is -2.22. The molecular weight excluding hydrogens is 302 g/mol. The maximum absolute atomic E-state index is 11.2. The molecule has 1 aromatic rings. The van der Waals surface area contributed by atoms with E-state index in [-0.39, 0.29) is 6.67 Å². The molecule has 0 spiro atoms. The highest BCUT2D eigenvalue weighted by atomic mass is 32.1. The fraction of sp³-hybridized carbons (Fsp3) is 0.500. The molecule has 1 aromatic heterocycles. The summed E-state index contributed by atoms with van der Waals surface area (Å²) < 4.78 is 1.20. The van der Waals surface area contributed by atoms with Crippen LogP contribution in [0, 0.1) is 5.53 Å². The summed E-state index contributed by atoms with van der Waals surface area (Å²) in [6.45, 7) is 2.56. The SMILES string of the molecule is CC/C(C=N[C@@H](CCC[N+](=N)CN)C(=O)O)=C\c1cscn1. The van der Waals surface area contributed by atoms with E-state index >= 15 is 0 Å². The number of aliphatic imine (C=N–C) groups is 1. The van der Waals surface area contributed by atoms with E-state index in [0.29, 0.717) is 19.4 Å². The molecule has 7 nitrogen and oxygen atoms in total. The number of nitrogens with two attached hydrogens (primary N) is 1. The molecule has 0 saturated carbocycles. The number of thiazole rings is 1. The van der Waals surface area contributed by atoms with Gasteiger partial charge in [-0.05, 0) is 24.5 Å². The molecular formula is C14H22N5O2S+. The van der Waals surface area contributed by atoms with Gasteiger partial charge in [0.05, 0.1) is 11.2 Å². The van der Waals surface area contributed by atoms with Crippen LogP contribution in [0.25, 0.3) is 6.08 Å². The molecule has 0 bridgehead atoms. The first kappa shape index (κ1) is 18.1. The van der Waals surface area contributed by atoms with Crippen LogP contribution < -0.4 is 5.73 Å². The summed E-state index contributed by atoms with van der Waals surface area (Å²) >= 11 is 1.51. The van der Waals surface area contributed by atoms with E-state index in [9.17, 15) is 9.90 Å². The predicted octanol–water partition coefficient (Wildman–Crippen LogP) is 2.20. The number of hydrogen-bond donors (Lipinski definition) is 3. The Kier molecular flexibility index (Phi) is 8.16. The highest BCUT2D eigenvalue weighted by Crippen LogP contribution is 2.10. The van der Waals surface area contributed by atoms with E-state index in [1.165, 1.54) is 16.0 Å². The topological polar surface area (TPSA) is 115 Å². The Bertz CT molecular complexity index is 539. The second-order valence-electron chi connectivity index (χ2n) is 4.71. The summed E-state index contributed by atoms with van der Waals surface area (Å²) in [4.78, 5) is 19.6. The fourth-order valence-electron chi connectivity index (χ4n) is 1.73. The number of allylic oxidation sites excluding steroid dienone is 1. The van der Waals surface area contributed by atoms with E-state index in [1.807, 2.05) is 18.4 Å². The normalized spacial score (nSPS) is 13.5. The first-order valence-corrected chi connectivity index (χ1v) is 8.02. The van der Waals surface area contributed by atoms with Crippen molar-refractivity contribution < 1.29 is 14.6 Å². The quantitative estimate of drug-likeness (QED) is 0.265. The molecule has 0 radical (unpaired) electrons. The third kappa shape index (κ3) is 6.68. The Balaban J connectivity index is 2.64. The van der Waals surface area contributed by atoms with Crippen LogP contribution in [0.15, 0.2) is 21.5 Å². The van der Waals surface area contributed by atoms with Gasteiger partial charge in [-0.3, -0.25) is 10.7 Å². The van der Waals surface area contributed by atoms with Crippen molar-refractivity contribution in [2.75, 3.05) is 13.2 Å². The molecule has 0 unspecified atom stereocenters. The molecule has 0 saturated heterocycles. The molecule has 0 aromatic carbocycles. The van der Waals surface area contributed by atoms with Crippen molar-refractivity contribution in [1.82, 2.24) is 4.98 Å². The standard InChI is InChI=1S/C14H21N5O2S/c1-2-11(6-12-8-22-10-18-12)7-17-13(14(20)21)4-3-5-19(16)9-15/h6-8,10,13,16H,2-5,9,15H2,1H3/p+1/b11-6+,17-7?,19-16?/t13-/m0/s1. The van der Waals surface area contributed by atoms with Crippen LogP contribution in [0.5, 0.6) is 0 Å². The Labute approximate surface area is 133 Å². The van der Waals surface area contributed by atoms with Crippen LogP contribution >= 0.6 is 11.3 Å². The number of carbonyl (C=O) groups is 1. The maximum atomic E-state index is 11.2. The Morgan fingerprint density at radius 2 is 2.45 bits per heavy atom. The molecule has 0 aliphatic carbocycles. The number of nitrogens with one attached hydrogen (secondary N) is 1. The molecule has 1 heterocycles. The van der Waals surface area contributed by atoms with Crippen LogP contribution in [-0.4, -0.2) is 46.2 Å². The maximum Gasteiger partial charge on any atom is 0.328 e. The van der Waals surface area contributed by atoms with E-state index in [4.69, 9.17) is 11.3 Å². The summed E-state index contributed by atoms with van der Waals surface area (Å²) in [5.41, 5.74) is 16.2. The monoisotopic (exact) mass is 324 g/mol. The van der Waals surface area contributed by atoms with Gasteiger partial charge in [0.15, 0.2) is 6.54 Å². The second-order valence-corrected chi connectivity index (χ2v) is 5.43. The molecule has 4 N–H and O–H groups in total. The van der Waals surface area contributed by atoms with Gasteiger partial charge < -0.3 is 5.11 Å². The van der Waals surface area contributed by atoms with E-state index < -0.39 is 12.0 Å². The summed E-state index contributed by atoms with van der Waals surface area (Å²) in [6, 6.07) is -0.795. The first-order valence-electron chi connectivity index (χ1n) is 7.07. The molecule has 8 heteroatoms. The summed E-state index contributed by atoms with van der Waals surface area (Å²) in [5, 5.41) is 11.1. The van der Waals surface area contributed by atoms with E-state index in [1.54, 1.807) is 11.7 Å². The number of nitrogens with zero attached hydrogens (tertiary/aromatic N) is 3. The van der Waals surface area contributed by atoms with Crippen LogP contribution in [0.1, 0.15) is 31.9 Å². The largest absolute Gasteiger partial charge is 0.480 e.